The molecule has 0 aromatic heterocycles. The summed E-state index contributed by atoms with van der Waals surface area (Å²) in [6.45, 7) is 4.12. The van der Waals surface area contributed by atoms with E-state index in [-0.39, 0.29) is 11.9 Å². The molecule has 1 aromatic rings. The first kappa shape index (κ1) is 12.8. The molecular formula is C12H17ClN2O. The van der Waals surface area contributed by atoms with Crippen molar-refractivity contribution in [2.75, 3.05) is 0 Å². The molecule has 0 unspecified atom stereocenters. The van der Waals surface area contributed by atoms with E-state index in [0.717, 1.165) is 12.8 Å². The SMILES string of the molecule is CCC(CC)Oc1cccc(Cl)c1C(=N)N. The monoisotopic (exact) mass is 240 g/mol. The molecular weight excluding hydrogens is 224 g/mol. The van der Waals surface area contributed by atoms with Crippen molar-refractivity contribution < 1.29 is 4.74 Å². The van der Waals surface area contributed by atoms with Crippen molar-refractivity contribution in [1.29, 1.82) is 5.41 Å². The smallest absolute Gasteiger partial charge is 0.132 e. The van der Waals surface area contributed by atoms with Crippen LogP contribution in [-0.4, -0.2) is 11.9 Å². The van der Waals surface area contributed by atoms with Gasteiger partial charge in [-0.25, -0.2) is 0 Å². The molecule has 4 heteroatoms. The van der Waals surface area contributed by atoms with Gasteiger partial charge >= 0.3 is 0 Å². The molecule has 0 aliphatic heterocycles. The number of ether oxygens (including phenoxy) is 1. The normalized spacial score (nSPS) is 10.5. The first-order valence-corrected chi connectivity index (χ1v) is 5.77. The van der Waals surface area contributed by atoms with Crippen LogP contribution in [0.25, 0.3) is 0 Å². The molecule has 0 fully saturated rings. The van der Waals surface area contributed by atoms with Gasteiger partial charge in [0.25, 0.3) is 0 Å². The lowest BCUT2D eigenvalue weighted by atomic mass is 10.1. The Kier molecular flexibility index (Phi) is 4.62. The Bertz CT molecular complexity index is 375. The summed E-state index contributed by atoms with van der Waals surface area (Å²) in [5.74, 6) is 0.528. The van der Waals surface area contributed by atoms with Gasteiger partial charge in [0, 0.05) is 0 Å². The number of hydrogen-bond acceptors (Lipinski definition) is 2. The maximum Gasteiger partial charge on any atom is 0.132 e. The van der Waals surface area contributed by atoms with Crippen LogP contribution in [0.15, 0.2) is 18.2 Å². The van der Waals surface area contributed by atoms with Crippen LogP contribution in [0.2, 0.25) is 5.02 Å². The predicted octanol–water partition coefficient (Wildman–Crippen LogP) is 3.19. The number of halogens is 1. The lowest BCUT2D eigenvalue weighted by molar-refractivity contribution is 0.192. The Balaban J connectivity index is 3.03. The van der Waals surface area contributed by atoms with E-state index in [9.17, 15) is 0 Å². The first-order valence-electron chi connectivity index (χ1n) is 5.39. The van der Waals surface area contributed by atoms with Gasteiger partial charge in [0.05, 0.1) is 16.7 Å². The molecule has 0 saturated heterocycles. The average molecular weight is 241 g/mol. The Morgan fingerprint density at radius 2 is 2.06 bits per heavy atom. The zero-order chi connectivity index (χ0) is 12.1. The van der Waals surface area contributed by atoms with E-state index in [0.29, 0.717) is 16.3 Å². The second kappa shape index (κ2) is 5.75. The predicted molar refractivity (Wildman–Crippen MR) is 67.5 cm³/mol. The van der Waals surface area contributed by atoms with Gasteiger partial charge in [0.1, 0.15) is 11.6 Å². The van der Waals surface area contributed by atoms with Gasteiger partial charge in [-0.2, -0.15) is 0 Å². The molecule has 0 aliphatic carbocycles. The van der Waals surface area contributed by atoms with Crippen LogP contribution in [0, 0.1) is 5.41 Å². The molecule has 88 valence electrons. The molecule has 0 amide bonds. The van der Waals surface area contributed by atoms with Gasteiger partial charge in [0.15, 0.2) is 0 Å². The third kappa shape index (κ3) is 2.89. The summed E-state index contributed by atoms with van der Waals surface area (Å²) in [5, 5.41) is 7.94. The molecule has 0 radical (unpaired) electrons. The van der Waals surface area contributed by atoms with Crippen molar-refractivity contribution in [3.05, 3.63) is 28.8 Å². The second-order valence-electron chi connectivity index (χ2n) is 3.58. The fourth-order valence-corrected chi connectivity index (χ4v) is 1.77. The maximum absolute atomic E-state index is 7.49. The van der Waals surface area contributed by atoms with Crippen molar-refractivity contribution in [2.45, 2.75) is 32.8 Å². The summed E-state index contributed by atoms with van der Waals surface area (Å²) >= 11 is 5.99. The van der Waals surface area contributed by atoms with Crippen LogP contribution in [0.4, 0.5) is 0 Å². The molecule has 0 bridgehead atoms. The Labute approximate surface area is 101 Å². The molecule has 0 atom stereocenters. The number of benzene rings is 1. The number of nitrogens with one attached hydrogen (secondary N) is 1. The summed E-state index contributed by atoms with van der Waals surface area (Å²) in [4.78, 5) is 0. The third-order valence-electron chi connectivity index (χ3n) is 2.45. The highest BCUT2D eigenvalue weighted by Gasteiger charge is 2.14. The van der Waals surface area contributed by atoms with Gasteiger partial charge in [-0.3, -0.25) is 5.41 Å². The molecule has 3 N–H and O–H groups in total. The van der Waals surface area contributed by atoms with Gasteiger partial charge < -0.3 is 10.5 Å². The topological polar surface area (TPSA) is 59.1 Å². The van der Waals surface area contributed by atoms with Crippen molar-refractivity contribution in [1.82, 2.24) is 0 Å². The highest BCUT2D eigenvalue weighted by molar-refractivity contribution is 6.34. The van der Waals surface area contributed by atoms with E-state index in [1.807, 2.05) is 0 Å². The van der Waals surface area contributed by atoms with E-state index >= 15 is 0 Å². The number of nitrogen functional groups attached to an aromatic ring is 1. The largest absolute Gasteiger partial charge is 0.490 e. The summed E-state index contributed by atoms with van der Waals surface area (Å²) in [6.07, 6.45) is 1.97. The highest BCUT2D eigenvalue weighted by atomic mass is 35.5. The molecule has 0 aliphatic rings. The van der Waals surface area contributed by atoms with Crippen molar-refractivity contribution >= 4 is 17.4 Å². The second-order valence-corrected chi connectivity index (χ2v) is 3.99. The standard InChI is InChI=1S/C12H17ClN2O/c1-3-8(4-2)16-10-7-5-6-9(13)11(10)12(14)15/h5-8H,3-4H2,1-2H3,(H3,14,15). The first-order chi connectivity index (χ1) is 7.60. The fraction of sp³-hybridized carbons (Fsp3) is 0.417. The van der Waals surface area contributed by atoms with Gasteiger partial charge in [0.2, 0.25) is 0 Å². The van der Waals surface area contributed by atoms with Crippen LogP contribution in [-0.2, 0) is 0 Å². The third-order valence-corrected chi connectivity index (χ3v) is 2.76. The Hall–Kier alpha value is -1.22. The Morgan fingerprint density at radius 1 is 1.44 bits per heavy atom. The zero-order valence-electron chi connectivity index (χ0n) is 9.59. The van der Waals surface area contributed by atoms with Crippen molar-refractivity contribution in [3.8, 4) is 5.75 Å². The van der Waals surface area contributed by atoms with E-state index in [4.69, 9.17) is 27.5 Å². The minimum absolute atomic E-state index is 0.0634. The molecule has 1 aromatic carbocycles. The zero-order valence-corrected chi connectivity index (χ0v) is 10.3. The average Bonchev–Trinajstić information content (AvgIpc) is 2.25. The van der Waals surface area contributed by atoms with Gasteiger partial charge in [-0.15, -0.1) is 0 Å². The van der Waals surface area contributed by atoms with E-state index in [1.165, 1.54) is 0 Å². The lowest BCUT2D eigenvalue weighted by Crippen LogP contribution is -2.18. The minimum atomic E-state index is -0.0634. The summed E-state index contributed by atoms with van der Waals surface area (Å²) in [5.41, 5.74) is 5.98. The fourth-order valence-electron chi connectivity index (χ4n) is 1.50. The van der Waals surface area contributed by atoms with Crippen LogP contribution in [0.3, 0.4) is 0 Å². The van der Waals surface area contributed by atoms with Crippen LogP contribution < -0.4 is 10.5 Å². The Morgan fingerprint density at radius 3 is 2.56 bits per heavy atom. The molecule has 0 spiro atoms. The highest BCUT2D eigenvalue weighted by Crippen LogP contribution is 2.27. The van der Waals surface area contributed by atoms with E-state index in [1.54, 1.807) is 18.2 Å². The van der Waals surface area contributed by atoms with Gasteiger partial charge in [-0.05, 0) is 25.0 Å². The van der Waals surface area contributed by atoms with Crippen LogP contribution in [0.1, 0.15) is 32.3 Å². The molecule has 0 saturated carbocycles. The summed E-state index contributed by atoms with van der Waals surface area (Å²) in [7, 11) is 0. The number of amidine groups is 1. The molecule has 3 nitrogen and oxygen atoms in total. The van der Waals surface area contributed by atoms with Crippen LogP contribution >= 0.6 is 11.6 Å². The maximum atomic E-state index is 7.49. The van der Waals surface area contributed by atoms with E-state index < -0.39 is 0 Å². The van der Waals surface area contributed by atoms with Gasteiger partial charge in [-0.1, -0.05) is 31.5 Å². The van der Waals surface area contributed by atoms with Crippen molar-refractivity contribution in [3.63, 3.8) is 0 Å². The lowest BCUT2D eigenvalue weighted by Gasteiger charge is -2.18. The number of nitrogens with two attached hydrogens (primary N) is 1. The molecule has 1 rings (SSSR count). The molecule has 0 heterocycles. The number of hydrogen-bond donors (Lipinski definition) is 2. The minimum Gasteiger partial charge on any atom is -0.490 e. The quantitative estimate of drug-likeness (QED) is 0.613. The summed E-state index contributed by atoms with van der Waals surface area (Å²) < 4.78 is 5.78. The van der Waals surface area contributed by atoms with Crippen LogP contribution in [0.5, 0.6) is 5.75 Å². The summed E-state index contributed by atoms with van der Waals surface area (Å²) in [6, 6.07) is 5.30. The van der Waals surface area contributed by atoms with E-state index in [2.05, 4.69) is 13.8 Å². The molecule has 16 heavy (non-hydrogen) atoms. The number of rotatable bonds is 5. The van der Waals surface area contributed by atoms with Crippen molar-refractivity contribution in [2.24, 2.45) is 5.73 Å².